The average Bonchev–Trinajstić information content (AvgIpc) is 2.70. The fourth-order valence-corrected chi connectivity index (χ4v) is 3.49. The predicted molar refractivity (Wildman–Crippen MR) is 73.0 cm³/mol. The molecule has 17 heavy (non-hydrogen) atoms. The molecule has 1 aromatic heterocycles. The van der Waals surface area contributed by atoms with Gasteiger partial charge in [0, 0.05) is 4.90 Å². The molecule has 1 aromatic carbocycles. The van der Waals surface area contributed by atoms with E-state index in [0.29, 0.717) is 6.54 Å². The van der Waals surface area contributed by atoms with Crippen LogP contribution < -0.4 is 5.73 Å². The summed E-state index contributed by atoms with van der Waals surface area (Å²) in [5.41, 5.74) is 6.76. The predicted octanol–water partition coefficient (Wildman–Crippen LogP) is 3.15. The summed E-state index contributed by atoms with van der Waals surface area (Å²) in [6.07, 6.45) is 0.820. The highest BCUT2D eigenvalue weighted by molar-refractivity contribution is 8.01. The van der Waals surface area contributed by atoms with Crippen molar-refractivity contribution in [3.63, 3.8) is 0 Å². The van der Waals surface area contributed by atoms with Crippen LogP contribution in [0.2, 0.25) is 5.02 Å². The number of hydrogen-bond acceptors (Lipinski definition) is 5. The molecule has 0 unspecified atom stereocenters. The SMILES string of the molecule is Cc1nsc(Sc2c(Cl)cccc2CCN)n1. The Bertz CT molecular complexity index is 513. The standard InChI is InChI=1S/C11H12ClN3S2/c1-7-14-11(17-15-7)16-10-8(5-6-13)3-2-4-9(10)12/h2-4H,5-6,13H2,1H3. The van der Waals surface area contributed by atoms with E-state index in [0.717, 1.165) is 32.1 Å². The molecule has 0 atom stereocenters. The molecule has 3 nitrogen and oxygen atoms in total. The number of hydrogen-bond donors (Lipinski definition) is 1. The second kappa shape index (κ2) is 5.82. The van der Waals surface area contributed by atoms with Crippen LogP contribution in [0.1, 0.15) is 11.4 Å². The van der Waals surface area contributed by atoms with Gasteiger partial charge in [-0.2, -0.15) is 4.37 Å². The Kier molecular flexibility index (Phi) is 4.39. The van der Waals surface area contributed by atoms with Crippen molar-refractivity contribution >= 4 is 34.9 Å². The number of halogens is 1. The molecule has 0 aliphatic rings. The molecular weight excluding hydrogens is 274 g/mol. The highest BCUT2D eigenvalue weighted by Crippen LogP contribution is 2.36. The van der Waals surface area contributed by atoms with Crippen LogP contribution in [0.15, 0.2) is 27.4 Å². The molecule has 0 saturated heterocycles. The van der Waals surface area contributed by atoms with E-state index in [9.17, 15) is 0 Å². The van der Waals surface area contributed by atoms with Crippen molar-refractivity contribution in [2.75, 3.05) is 6.54 Å². The topological polar surface area (TPSA) is 51.8 Å². The van der Waals surface area contributed by atoms with Crippen LogP contribution in [0.4, 0.5) is 0 Å². The lowest BCUT2D eigenvalue weighted by atomic mass is 10.1. The van der Waals surface area contributed by atoms with Crippen LogP contribution in [-0.4, -0.2) is 15.9 Å². The minimum Gasteiger partial charge on any atom is -0.330 e. The Balaban J connectivity index is 2.30. The first kappa shape index (κ1) is 12.8. The lowest BCUT2D eigenvalue weighted by molar-refractivity contribution is 0.944. The van der Waals surface area contributed by atoms with E-state index in [1.807, 2.05) is 19.1 Å². The molecule has 0 bridgehead atoms. The maximum atomic E-state index is 6.22. The highest BCUT2D eigenvalue weighted by atomic mass is 35.5. The van der Waals surface area contributed by atoms with Crippen LogP contribution in [0.5, 0.6) is 0 Å². The summed E-state index contributed by atoms with van der Waals surface area (Å²) in [6.45, 7) is 2.50. The van der Waals surface area contributed by atoms with E-state index in [-0.39, 0.29) is 0 Å². The van der Waals surface area contributed by atoms with Gasteiger partial charge in [0.2, 0.25) is 0 Å². The molecule has 2 N–H and O–H groups in total. The van der Waals surface area contributed by atoms with Gasteiger partial charge in [-0.1, -0.05) is 35.5 Å². The van der Waals surface area contributed by atoms with E-state index < -0.39 is 0 Å². The maximum absolute atomic E-state index is 6.22. The van der Waals surface area contributed by atoms with Gasteiger partial charge in [0.25, 0.3) is 0 Å². The molecule has 0 amide bonds. The van der Waals surface area contributed by atoms with Crippen molar-refractivity contribution in [2.45, 2.75) is 22.6 Å². The van der Waals surface area contributed by atoms with Crippen molar-refractivity contribution in [3.05, 3.63) is 34.6 Å². The molecule has 1 heterocycles. The molecule has 0 saturated carbocycles. The van der Waals surface area contributed by atoms with Crippen LogP contribution in [-0.2, 0) is 6.42 Å². The largest absolute Gasteiger partial charge is 0.330 e. The number of aryl methyl sites for hydroxylation is 1. The number of nitrogens with zero attached hydrogens (tertiary/aromatic N) is 2. The van der Waals surface area contributed by atoms with Crippen molar-refractivity contribution < 1.29 is 0 Å². The van der Waals surface area contributed by atoms with Gasteiger partial charge in [0.05, 0.1) is 5.02 Å². The monoisotopic (exact) mass is 285 g/mol. The van der Waals surface area contributed by atoms with Gasteiger partial charge in [-0.3, -0.25) is 0 Å². The third-order valence-corrected chi connectivity index (χ3v) is 4.62. The van der Waals surface area contributed by atoms with Gasteiger partial charge in [-0.15, -0.1) is 0 Å². The Hall–Kier alpha value is -0.620. The Morgan fingerprint density at radius 2 is 2.29 bits per heavy atom. The van der Waals surface area contributed by atoms with E-state index in [4.69, 9.17) is 17.3 Å². The third kappa shape index (κ3) is 3.19. The third-order valence-electron chi connectivity index (χ3n) is 2.16. The van der Waals surface area contributed by atoms with Gasteiger partial charge < -0.3 is 5.73 Å². The second-order valence-electron chi connectivity index (χ2n) is 3.48. The molecule has 90 valence electrons. The van der Waals surface area contributed by atoms with E-state index in [1.165, 1.54) is 11.5 Å². The molecule has 2 rings (SSSR count). The Labute approximate surface area is 114 Å². The minimum absolute atomic E-state index is 0.614. The van der Waals surface area contributed by atoms with Gasteiger partial charge in [0.1, 0.15) is 5.82 Å². The maximum Gasteiger partial charge on any atom is 0.174 e. The molecule has 0 aliphatic carbocycles. The fraction of sp³-hybridized carbons (Fsp3) is 0.273. The fourth-order valence-electron chi connectivity index (χ4n) is 1.43. The smallest absolute Gasteiger partial charge is 0.174 e. The first-order valence-electron chi connectivity index (χ1n) is 5.16. The summed E-state index contributed by atoms with van der Waals surface area (Å²) < 4.78 is 5.07. The first-order valence-corrected chi connectivity index (χ1v) is 7.13. The van der Waals surface area contributed by atoms with Gasteiger partial charge in [-0.25, -0.2) is 4.98 Å². The summed E-state index contributed by atoms with van der Waals surface area (Å²) in [5, 5.41) is 0.744. The van der Waals surface area contributed by atoms with Gasteiger partial charge in [-0.05, 0) is 43.1 Å². The van der Waals surface area contributed by atoms with Crippen LogP contribution in [0.3, 0.4) is 0 Å². The zero-order valence-corrected chi connectivity index (χ0v) is 11.7. The molecule has 0 aliphatic heterocycles. The van der Waals surface area contributed by atoms with Gasteiger partial charge in [0.15, 0.2) is 4.34 Å². The van der Waals surface area contributed by atoms with Crippen molar-refractivity contribution in [1.29, 1.82) is 0 Å². The number of nitrogens with two attached hydrogens (primary N) is 1. The summed E-state index contributed by atoms with van der Waals surface area (Å²) in [7, 11) is 0. The summed E-state index contributed by atoms with van der Waals surface area (Å²) in [6, 6.07) is 5.88. The lowest BCUT2D eigenvalue weighted by Gasteiger charge is -2.08. The summed E-state index contributed by atoms with van der Waals surface area (Å²) in [4.78, 5) is 5.37. The van der Waals surface area contributed by atoms with E-state index in [1.54, 1.807) is 11.8 Å². The number of aromatic nitrogens is 2. The molecule has 2 aromatic rings. The van der Waals surface area contributed by atoms with E-state index in [2.05, 4.69) is 15.4 Å². The summed E-state index contributed by atoms with van der Waals surface area (Å²) in [5.74, 6) is 0.796. The van der Waals surface area contributed by atoms with Crippen molar-refractivity contribution in [3.8, 4) is 0 Å². The average molecular weight is 286 g/mol. The summed E-state index contributed by atoms with van der Waals surface area (Å²) >= 11 is 9.17. The Morgan fingerprint density at radius 3 is 2.94 bits per heavy atom. The van der Waals surface area contributed by atoms with Crippen molar-refractivity contribution in [2.24, 2.45) is 5.73 Å². The second-order valence-corrected chi connectivity index (χ2v) is 5.89. The van der Waals surface area contributed by atoms with Gasteiger partial charge >= 0.3 is 0 Å². The molecule has 6 heteroatoms. The molecular formula is C11H12ClN3S2. The van der Waals surface area contributed by atoms with Crippen LogP contribution in [0.25, 0.3) is 0 Å². The van der Waals surface area contributed by atoms with Crippen LogP contribution in [0, 0.1) is 6.92 Å². The first-order chi connectivity index (χ1) is 8.20. The molecule has 0 radical (unpaired) electrons. The Morgan fingerprint density at radius 1 is 1.47 bits per heavy atom. The molecule has 0 fully saturated rings. The quantitative estimate of drug-likeness (QED) is 0.937. The zero-order valence-electron chi connectivity index (χ0n) is 9.31. The highest BCUT2D eigenvalue weighted by Gasteiger charge is 2.11. The van der Waals surface area contributed by atoms with Crippen molar-refractivity contribution in [1.82, 2.24) is 9.36 Å². The zero-order chi connectivity index (χ0) is 12.3. The molecule has 0 spiro atoms. The van der Waals surface area contributed by atoms with Crippen LogP contribution >= 0.6 is 34.9 Å². The minimum atomic E-state index is 0.614. The van der Waals surface area contributed by atoms with E-state index >= 15 is 0 Å². The number of benzene rings is 1. The number of rotatable bonds is 4. The normalized spacial score (nSPS) is 10.8. The lowest BCUT2D eigenvalue weighted by Crippen LogP contribution is -2.03.